The van der Waals surface area contributed by atoms with E-state index in [-0.39, 0.29) is 5.75 Å². The fraction of sp³-hybridized carbons (Fsp3) is 0.105. The van der Waals surface area contributed by atoms with Crippen LogP contribution in [0.4, 0.5) is 11.5 Å². The SMILES string of the molecule is COc1ccc(-c2cnc(N)c(-c3ccc(N)cc3C)c2)cc1O. The Kier molecular flexibility index (Phi) is 4.00. The zero-order valence-electron chi connectivity index (χ0n) is 13.6. The molecule has 1 heterocycles. The van der Waals surface area contributed by atoms with Crippen LogP contribution in [0.1, 0.15) is 5.56 Å². The van der Waals surface area contributed by atoms with E-state index in [1.807, 2.05) is 37.3 Å². The lowest BCUT2D eigenvalue weighted by Crippen LogP contribution is -1.97. The van der Waals surface area contributed by atoms with Gasteiger partial charge < -0.3 is 21.3 Å². The van der Waals surface area contributed by atoms with Crippen LogP contribution in [0.3, 0.4) is 0 Å². The molecule has 0 spiro atoms. The first-order chi connectivity index (χ1) is 11.5. The summed E-state index contributed by atoms with van der Waals surface area (Å²) < 4.78 is 5.08. The smallest absolute Gasteiger partial charge is 0.160 e. The Balaban J connectivity index is 2.11. The van der Waals surface area contributed by atoms with Crippen molar-refractivity contribution in [3.05, 3.63) is 54.2 Å². The van der Waals surface area contributed by atoms with Crippen molar-refractivity contribution in [2.45, 2.75) is 6.92 Å². The van der Waals surface area contributed by atoms with Gasteiger partial charge in [-0.2, -0.15) is 0 Å². The summed E-state index contributed by atoms with van der Waals surface area (Å²) in [7, 11) is 1.52. The Morgan fingerprint density at radius 2 is 1.75 bits per heavy atom. The van der Waals surface area contributed by atoms with Crippen molar-refractivity contribution in [2.24, 2.45) is 0 Å². The van der Waals surface area contributed by atoms with E-state index in [0.29, 0.717) is 17.3 Å². The topological polar surface area (TPSA) is 94.4 Å². The minimum Gasteiger partial charge on any atom is -0.504 e. The lowest BCUT2D eigenvalue weighted by Gasteiger charge is -2.12. The third-order valence-corrected chi connectivity index (χ3v) is 3.97. The number of benzene rings is 2. The molecule has 0 amide bonds. The summed E-state index contributed by atoms with van der Waals surface area (Å²) in [5, 5.41) is 9.98. The maximum Gasteiger partial charge on any atom is 0.160 e. The number of nitrogens with zero attached hydrogens (tertiary/aromatic N) is 1. The molecular formula is C19H19N3O2. The van der Waals surface area contributed by atoms with E-state index >= 15 is 0 Å². The monoisotopic (exact) mass is 321 g/mol. The number of aromatic nitrogens is 1. The van der Waals surface area contributed by atoms with Gasteiger partial charge in [0, 0.05) is 23.0 Å². The molecule has 5 nitrogen and oxygen atoms in total. The number of phenolic OH excluding ortho intramolecular Hbond substituents is 1. The van der Waals surface area contributed by atoms with E-state index in [4.69, 9.17) is 16.2 Å². The van der Waals surface area contributed by atoms with Crippen LogP contribution in [0.5, 0.6) is 11.5 Å². The van der Waals surface area contributed by atoms with Gasteiger partial charge in [-0.3, -0.25) is 0 Å². The second kappa shape index (κ2) is 6.12. The van der Waals surface area contributed by atoms with Crippen LogP contribution in [0.2, 0.25) is 0 Å². The summed E-state index contributed by atoms with van der Waals surface area (Å²) in [6.45, 7) is 1.98. The molecule has 0 saturated carbocycles. The molecule has 0 aliphatic heterocycles. The van der Waals surface area contributed by atoms with Crippen LogP contribution in [0.15, 0.2) is 48.7 Å². The molecule has 0 bridgehead atoms. The summed E-state index contributed by atoms with van der Waals surface area (Å²) in [6, 6.07) is 12.9. The molecule has 0 aliphatic carbocycles. The molecule has 122 valence electrons. The second-order valence-corrected chi connectivity index (χ2v) is 5.62. The Labute approximate surface area is 140 Å². The molecule has 0 fully saturated rings. The zero-order valence-corrected chi connectivity index (χ0v) is 13.6. The Morgan fingerprint density at radius 3 is 2.42 bits per heavy atom. The van der Waals surface area contributed by atoms with Gasteiger partial charge >= 0.3 is 0 Å². The van der Waals surface area contributed by atoms with Crippen molar-refractivity contribution in [3.8, 4) is 33.8 Å². The molecule has 2 aromatic carbocycles. The molecule has 5 N–H and O–H groups in total. The van der Waals surface area contributed by atoms with Crippen LogP contribution < -0.4 is 16.2 Å². The zero-order chi connectivity index (χ0) is 17.3. The minimum absolute atomic E-state index is 0.0806. The predicted octanol–water partition coefficient (Wildman–Crippen LogP) is 3.60. The number of nitrogen functional groups attached to an aromatic ring is 2. The van der Waals surface area contributed by atoms with Gasteiger partial charge in [-0.25, -0.2) is 4.98 Å². The average molecular weight is 321 g/mol. The molecular weight excluding hydrogens is 302 g/mol. The number of ether oxygens (including phenoxy) is 1. The molecule has 0 aliphatic rings. The summed E-state index contributed by atoms with van der Waals surface area (Å²) >= 11 is 0. The standard InChI is InChI=1S/C19H19N3O2/c1-11-7-14(20)4-5-15(11)16-8-13(10-22-19(16)21)12-3-6-18(24-2)17(23)9-12/h3-10,23H,20H2,1-2H3,(H2,21,22). The molecule has 0 atom stereocenters. The van der Waals surface area contributed by atoms with Gasteiger partial charge in [0.15, 0.2) is 11.5 Å². The van der Waals surface area contributed by atoms with Gasteiger partial charge in [-0.15, -0.1) is 0 Å². The van der Waals surface area contributed by atoms with Crippen molar-refractivity contribution >= 4 is 11.5 Å². The van der Waals surface area contributed by atoms with E-state index < -0.39 is 0 Å². The number of pyridine rings is 1. The second-order valence-electron chi connectivity index (χ2n) is 5.62. The van der Waals surface area contributed by atoms with Crippen LogP contribution in [0.25, 0.3) is 22.3 Å². The van der Waals surface area contributed by atoms with Crippen molar-refractivity contribution in [1.82, 2.24) is 4.98 Å². The van der Waals surface area contributed by atoms with Crippen LogP contribution >= 0.6 is 0 Å². The number of rotatable bonds is 3. The van der Waals surface area contributed by atoms with Gasteiger partial charge in [0.1, 0.15) is 5.82 Å². The van der Waals surface area contributed by atoms with Gasteiger partial charge in [0.25, 0.3) is 0 Å². The third kappa shape index (κ3) is 2.84. The largest absolute Gasteiger partial charge is 0.504 e. The maximum absolute atomic E-state index is 9.98. The van der Waals surface area contributed by atoms with Gasteiger partial charge in [0.2, 0.25) is 0 Å². The number of hydrogen-bond donors (Lipinski definition) is 3. The van der Waals surface area contributed by atoms with Crippen molar-refractivity contribution < 1.29 is 9.84 Å². The summed E-state index contributed by atoms with van der Waals surface area (Å²) in [5.74, 6) is 0.957. The fourth-order valence-electron chi connectivity index (χ4n) is 2.71. The van der Waals surface area contributed by atoms with E-state index in [2.05, 4.69) is 4.98 Å². The molecule has 24 heavy (non-hydrogen) atoms. The number of aromatic hydroxyl groups is 1. The molecule has 3 rings (SSSR count). The summed E-state index contributed by atoms with van der Waals surface area (Å²) in [4.78, 5) is 4.30. The lowest BCUT2D eigenvalue weighted by atomic mass is 9.97. The summed E-state index contributed by atoms with van der Waals surface area (Å²) in [5.41, 5.74) is 17.1. The highest BCUT2D eigenvalue weighted by Gasteiger charge is 2.11. The number of phenols is 1. The van der Waals surface area contributed by atoms with E-state index in [9.17, 15) is 5.11 Å². The van der Waals surface area contributed by atoms with Gasteiger partial charge in [0.05, 0.1) is 7.11 Å². The van der Waals surface area contributed by atoms with Crippen LogP contribution in [-0.2, 0) is 0 Å². The number of anilines is 2. The molecule has 5 heteroatoms. The Morgan fingerprint density at radius 1 is 0.958 bits per heavy atom. The van der Waals surface area contributed by atoms with Gasteiger partial charge in [-0.05, 0) is 53.9 Å². The van der Waals surface area contributed by atoms with E-state index in [1.165, 1.54) is 7.11 Å². The summed E-state index contributed by atoms with van der Waals surface area (Å²) in [6.07, 6.45) is 1.69. The quantitative estimate of drug-likeness (QED) is 0.641. The molecule has 1 aromatic heterocycles. The first-order valence-corrected chi connectivity index (χ1v) is 7.49. The van der Waals surface area contributed by atoms with Crippen molar-refractivity contribution in [1.29, 1.82) is 0 Å². The molecule has 3 aromatic rings. The predicted molar refractivity (Wildman–Crippen MR) is 96.9 cm³/mol. The Hall–Kier alpha value is -3.21. The van der Waals surface area contributed by atoms with Crippen molar-refractivity contribution in [3.63, 3.8) is 0 Å². The van der Waals surface area contributed by atoms with Gasteiger partial charge in [-0.1, -0.05) is 12.1 Å². The fourth-order valence-corrected chi connectivity index (χ4v) is 2.71. The highest BCUT2D eigenvalue weighted by atomic mass is 16.5. The first kappa shape index (κ1) is 15.7. The van der Waals surface area contributed by atoms with E-state index in [0.717, 1.165) is 27.8 Å². The first-order valence-electron chi connectivity index (χ1n) is 7.49. The van der Waals surface area contributed by atoms with Crippen molar-refractivity contribution in [2.75, 3.05) is 18.6 Å². The minimum atomic E-state index is 0.0806. The molecule has 0 unspecified atom stereocenters. The third-order valence-electron chi connectivity index (χ3n) is 3.97. The number of methoxy groups -OCH3 is 1. The van der Waals surface area contributed by atoms with Crippen LogP contribution in [-0.4, -0.2) is 17.2 Å². The number of nitrogens with two attached hydrogens (primary N) is 2. The van der Waals surface area contributed by atoms with Crippen LogP contribution in [0, 0.1) is 6.92 Å². The average Bonchev–Trinajstić information content (AvgIpc) is 2.56. The molecule has 0 radical (unpaired) electrons. The highest BCUT2D eigenvalue weighted by Crippen LogP contribution is 2.35. The number of aryl methyl sites for hydroxylation is 1. The maximum atomic E-state index is 9.98. The Bertz CT molecular complexity index is 907. The van der Waals surface area contributed by atoms with E-state index in [1.54, 1.807) is 18.3 Å². The number of hydrogen-bond acceptors (Lipinski definition) is 5. The normalized spacial score (nSPS) is 10.6. The highest BCUT2D eigenvalue weighted by molar-refractivity contribution is 5.82. The lowest BCUT2D eigenvalue weighted by molar-refractivity contribution is 0.373. The molecule has 0 saturated heterocycles.